The van der Waals surface area contributed by atoms with Crippen LogP contribution < -0.4 is 14.8 Å². The Labute approximate surface area is 167 Å². The molecule has 2 N–H and O–H groups in total. The molecule has 0 aliphatic heterocycles. The zero-order chi connectivity index (χ0) is 20.7. The highest BCUT2D eigenvalue weighted by Gasteiger charge is 2.28. The number of sulfonamides is 1. The lowest BCUT2D eigenvalue weighted by Crippen LogP contribution is -2.50. The minimum Gasteiger partial charge on any atom is -0.495 e. The van der Waals surface area contributed by atoms with E-state index in [1.807, 2.05) is 44.2 Å². The van der Waals surface area contributed by atoms with Crippen molar-refractivity contribution in [2.75, 3.05) is 7.11 Å². The number of aryl methyl sites for hydroxylation is 1. The van der Waals surface area contributed by atoms with Crippen molar-refractivity contribution in [2.45, 2.75) is 50.6 Å². The predicted octanol–water partition coefficient (Wildman–Crippen LogP) is 2.81. The highest BCUT2D eigenvalue weighted by Crippen LogP contribution is 2.25. The van der Waals surface area contributed by atoms with Gasteiger partial charge in [0.15, 0.2) is 0 Å². The highest BCUT2D eigenvalue weighted by molar-refractivity contribution is 7.89. The quantitative estimate of drug-likeness (QED) is 0.673. The van der Waals surface area contributed by atoms with Crippen LogP contribution in [0.15, 0.2) is 53.4 Å². The summed E-state index contributed by atoms with van der Waals surface area (Å²) in [6.45, 7) is 5.64. The number of ether oxygens (including phenoxy) is 1. The van der Waals surface area contributed by atoms with Gasteiger partial charge in [0.25, 0.3) is 0 Å². The Morgan fingerprint density at radius 1 is 1.14 bits per heavy atom. The van der Waals surface area contributed by atoms with Crippen LogP contribution in [0, 0.1) is 6.92 Å². The Morgan fingerprint density at radius 3 is 2.43 bits per heavy atom. The largest absolute Gasteiger partial charge is 0.495 e. The third kappa shape index (κ3) is 5.81. The van der Waals surface area contributed by atoms with Gasteiger partial charge in [-0.15, -0.1) is 0 Å². The van der Waals surface area contributed by atoms with Gasteiger partial charge in [-0.2, -0.15) is 4.72 Å². The summed E-state index contributed by atoms with van der Waals surface area (Å²) in [4.78, 5) is 12.8. The highest BCUT2D eigenvalue weighted by atomic mass is 32.2. The molecule has 152 valence electrons. The third-order valence-corrected chi connectivity index (χ3v) is 6.00. The Kier molecular flexibility index (Phi) is 7.60. The number of hydrogen-bond donors (Lipinski definition) is 2. The zero-order valence-electron chi connectivity index (χ0n) is 16.7. The van der Waals surface area contributed by atoms with Crippen molar-refractivity contribution in [2.24, 2.45) is 0 Å². The molecule has 0 aliphatic carbocycles. The number of amides is 1. The van der Waals surface area contributed by atoms with Crippen molar-refractivity contribution in [3.63, 3.8) is 0 Å². The standard InChI is InChI=1S/C21H28N2O4S/c1-5-16(3)22-21(24)18(14-17-9-7-6-8-10-17)23-28(25,26)20-13-15(2)11-12-19(20)27-4/h6-13,16,18,23H,5,14H2,1-4H3,(H,22,24). The maximum atomic E-state index is 13.1. The second-order valence-electron chi connectivity index (χ2n) is 6.84. The summed E-state index contributed by atoms with van der Waals surface area (Å²) in [5, 5.41) is 2.87. The molecule has 6 nitrogen and oxygen atoms in total. The van der Waals surface area contributed by atoms with E-state index in [4.69, 9.17) is 4.74 Å². The van der Waals surface area contributed by atoms with Crippen molar-refractivity contribution >= 4 is 15.9 Å². The number of methoxy groups -OCH3 is 1. The molecule has 28 heavy (non-hydrogen) atoms. The summed E-state index contributed by atoms with van der Waals surface area (Å²) in [5.41, 5.74) is 1.65. The average molecular weight is 405 g/mol. The number of nitrogens with one attached hydrogen (secondary N) is 2. The zero-order valence-corrected chi connectivity index (χ0v) is 17.5. The summed E-state index contributed by atoms with van der Waals surface area (Å²) < 4.78 is 33.9. The van der Waals surface area contributed by atoms with Crippen molar-refractivity contribution in [3.05, 3.63) is 59.7 Å². The second-order valence-corrected chi connectivity index (χ2v) is 8.52. The van der Waals surface area contributed by atoms with E-state index in [2.05, 4.69) is 10.0 Å². The van der Waals surface area contributed by atoms with Gasteiger partial charge in [-0.1, -0.05) is 43.3 Å². The van der Waals surface area contributed by atoms with E-state index in [9.17, 15) is 13.2 Å². The number of hydrogen-bond acceptors (Lipinski definition) is 4. The minimum absolute atomic E-state index is 0.0180. The molecule has 7 heteroatoms. The molecular formula is C21H28N2O4S. The van der Waals surface area contributed by atoms with Gasteiger partial charge < -0.3 is 10.1 Å². The molecule has 2 unspecified atom stereocenters. The molecule has 0 aromatic heterocycles. The van der Waals surface area contributed by atoms with Gasteiger partial charge in [-0.05, 0) is 49.9 Å². The van der Waals surface area contributed by atoms with Crippen LogP contribution in [0.1, 0.15) is 31.4 Å². The van der Waals surface area contributed by atoms with E-state index >= 15 is 0 Å². The second kappa shape index (κ2) is 9.71. The molecule has 0 heterocycles. The summed E-state index contributed by atoms with van der Waals surface area (Å²) in [6.07, 6.45) is 0.999. The smallest absolute Gasteiger partial charge is 0.244 e. The van der Waals surface area contributed by atoms with Gasteiger partial charge >= 0.3 is 0 Å². The molecule has 0 aliphatic rings. The van der Waals surface area contributed by atoms with E-state index < -0.39 is 16.1 Å². The van der Waals surface area contributed by atoms with Crippen molar-refractivity contribution in [1.82, 2.24) is 10.0 Å². The maximum Gasteiger partial charge on any atom is 0.244 e. The fourth-order valence-corrected chi connectivity index (χ4v) is 4.18. The first kappa shape index (κ1) is 21.9. The monoisotopic (exact) mass is 404 g/mol. The SMILES string of the molecule is CCC(C)NC(=O)C(Cc1ccccc1)NS(=O)(=O)c1cc(C)ccc1OC. The van der Waals surface area contributed by atoms with Gasteiger partial charge in [0, 0.05) is 6.04 Å². The first-order valence-electron chi connectivity index (χ1n) is 9.28. The molecule has 2 atom stereocenters. The predicted molar refractivity (Wildman–Crippen MR) is 110 cm³/mol. The molecule has 2 aromatic rings. The Bertz CT molecular complexity index is 898. The molecule has 0 bridgehead atoms. The first-order chi connectivity index (χ1) is 13.3. The van der Waals surface area contributed by atoms with E-state index in [0.717, 1.165) is 17.5 Å². The molecule has 0 fully saturated rings. The molecule has 1 amide bonds. The molecule has 0 spiro atoms. The summed E-state index contributed by atoms with van der Waals surface area (Å²) in [7, 11) is -2.55. The molecule has 0 saturated heterocycles. The number of carbonyl (C=O) groups is 1. The molecular weight excluding hydrogens is 376 g/mol. The first-order valence-corrected chi connectivity index (χ1v) is 10.8. The Hall–Kier alpha value is -2.38. The summed E-state index contributed by atoms with van der Waals surface area (Å²) in [6, 6.07) is 13.2. The van der Waals surface area contributed by atoms with Crippen LogP contribution in [-0.2, 0) is 21.2 Å². The van der Waals surface area contributed by atoms with Gasteiger partial charge in [0.1, 0.15) is 16.7 Å². The van der Waals surface area contributed by atoms with E-state index in [1.54, 1.807) is 19.1 Å². The molecule has 0 saturated carbocycles. The van der Waals surface area contributed by atoms with Gasteiger partial charge in [0.2, 0.25) is 15.9 Å². The van der Waals surface area contributed by atoms with Crippen molar-refractivity contribution in [1.29, 1.82) is 0 Å². The number of carbonyl (C=O) groups excluding carboxylic acids is 1. The van der Waals surface area contributed by atoms with Crippen LogP contribution in [-0.4, -0.2) is 33.5 Å². The third-order valence-electron chi connectivity index (χ3n) is 4.51. The lowest BCUT2D eigenvalue weighted by atomic mass is 10.1. The Morgan fingerprint density at radius 2 is 1.82 bits per heavy atom. The number of rotatable bonds is 9. The lowest BCUT2D eigenvalue weighted by Gasteiger charge is -2.21. The number of benzene rings is 2. The average Bonchev–Trinajstić information content (AvgIpc) is 2.68. The van der Waals surface area contributed by atoms with Crippen LogP contribution in [0.5, 0.6) is 5.75 Å². The van der Waals surface area contributed by atoms with Gasteiger partial charge in [-0.25, -0.2) is 8.42 Å². The fourth-order valence-electron chi connectivity index (χ4n) is 2.73. The van der Waals surface area contributed by atoms with Crippen molar-refractivity contribution in [3.8, 4) is 5.75 Å². The van der Waals surface area contributed by atoms with Crippen LogP contribution >= 0.6 is 0 Å². The van der Waals surface area contributed by atoms with E-state index in [-0.39, 0.29) is 29.0 Å². The molecule has 2 rings (SSSR count). The topological polar surface area (TPSA) is 84.5 Å². The van der Waals surface area contributed by atoms with Gasteiger partial charge in [-0.3, -0.25) is 4.79 Å². The fraction of sp³-hybridized carbons (Fsp3) is 0.381. The van der Waals surface area contributed by atoms with Gasteiger partial charge in [0.05, 0.1) is 7.11 Å². The van der Waals surface area contributed by atoms with E-state index in [1.165, 1.54) is 13.2 Å². The van der Waals surface area contributed by atoms with Crippen molar-refractivity contribution < 1.29 is 17.9 Å². The van der Waals surface area contributed by atoms with E-state index in [0.29, 0.717) is 0 Å². The molecule has 2 aromatic carbocycles. The van der Waals surface area contributed by atoms with Crippen LogP contribution in [0.4, 0.5) is 0 Å². The normalized spacial score (nSPS) is 13.6. The van der Waals surface area contributed by atoms with Crippen LogP contribution in [0.25, 0.3) is 0 Å². The minimum atomic E-state index is -3.97. The Balaban J connectivity index is 2.35. The lowest BCUT2D eigenvalue weighted by molar-refractivity contribution is -0.123. The summed E-state index contributed by atoms with van der Waals surface area (Å²) >= 11 is 0. The maximum absolute atomic E-state index is 13.1. The molecule has 0 radical (unpaired) electrons. The van der Waals surface area contributed by atoms with Crippen LogP contribution in [0.2, 0.25) is 0 Å². The van der Waals surface area contributed by atoms with Crippen LogP contribution in [0.3, 0.4) is 0 Å². The summed E-state index contributed by atoms with van der Waals surface area (Å²) in [5.74, 6) is -0.118.